The number of fused-ring (bicyclic) bond motifs is 1. The number of aromatic nitrogens is 2. The van der Waals surface area contributed by atoms with E-state index in [0.29, 0.717) is 6.67 Å². The quantitative estimate of drug-likeness (QED) is 0.527. The van der Waals surface area contributed by atoms with Crippen LogP contribution in [0.3, 0.4) is 0 Å². The fourth-order valence-electron chi connectivity index (χ4n) is 2.97. The summed E-state index contributed by atoms with van der Waals surface area (Å²) in [5, 5.41) is 24.6. The Hall–Kier alpha value is -2.84. The van der Waals surface area contributed by atoms with Crippen molar-refractivity contribution in [2.24, 2.45) is 10.9 Å². The van der Waals surface area contributed by atoms with Crippen molar-refractivity contribution in [1.82, 2.24) is 25.7 Å². The molecule has 1 amide bonds. The number of aliphatic carboxylic acids is 1. The number of rotatable bonds is 5. The molecule has 1 aromatic heterocycles. The van der Waals surface area contributed by atoms with Gasteiger partial charge in [-0.3, -0.25) is 14.6 Å². The predicted octanol–water partition coefficient (Wildman–Crippen LogP) is -0.716. The number of guanidine groups is 1. The molecule has 9 heteroatoms. The summed E-state index contributed by atoms with van der Waals surface area (Å²) in [5.74, 6) is -0.762. The van der Waals surface area contributed by atoms with E-state index in [0.717, 1.165) is 37.6 Å². The Kier molecular flexibility index (Phi) is 7.60. The van der Waals surface area contributed by atoms with Gasteiger partial charge in [0.25, 0.3) is 0 Å². The van der Waals surface area contributed by atoms with E-state index in [4.69, 9.17) is 5.11 Å². The minimum Gasteiger partial charge on any atom is -0.481 e. The largest absolute Gasteiger partial charge is 0.481 e. The van der Waals surface area contributed by atoms with E-state index in [1.807, 2.05) is 4.68 Å². The number of carbonyl (C=O) groups excluding carboxylic acids is 1. The van der Waals surface area contributed by atoms with E-state index in [1.165, 1.54) is 17.5 Å². The summed E-state index contributed by atoms with van der Waals surface area (Å²) < 4.78 is 2.02. The van der Waals surface area contributed by atoms with Crippen LogP contribution in [-0.2, 0) is 16.3 Å². The molecule has 2 aliphatic rings. The predicted molar refractivity (Wildman–Crippen MR) is 108 cm³/mol. The van der Waals surface area contributed by atoms with E-state index in [1.54, 1.807) is 13.8 Å². The minimum absolute atomic E-state index is 0.203. The van der Waals surface area contributed by atoms with Crippen LogP contribution in [-0.4, -0.2) is 51.9 Å². The van der Waals surface area contributed by atoms with Gasteiger partial charge in [0.1, 0.15) is 6.67 Å². The van der Waals surface area contributed by atoms with Crippen molar-refractivity contribution in [1.29, 1.82) is 0 Å². The van der Waals surface area contributed by atoms with Crippen LogP contribution in [0.25, 0.3) is 12.2 Å². The molecule has 2 heterocycles. The third-order valence-electron chi connectivity index (χ3n) is 4.71. The molecule has 0 bridgehead atoms. The Balaban J connectivity index is 0.000000224. The van der Waals surface area contributed by atoms with Crippen molar-refractivity contribution in [3.05, 3.63) is 16.3 Å². The zero-order valence-electron chi connectivity index (χ0n) is 17.0. The summed E-state index contributed by atoms with van der Waals surface area (Å²) >= 11 is 0. The Morgan fingerprint density at radius 2 is 2.04 bits per heavy atom. The number of nitrogens with one attached hydrogen (secondary N) is 3. The first-order valence-corrected chi connectivity index (χ1v) is 9.55. The maximum Gasteiger partial charge on any atom is 0.308 e. The van der Waals surface area contributed by atoms with Crippen molar-refractivity contribution in [3.8, 4) is 0 Å². The number of hydrogen-bond acceptors (Lipinski definition) is 6. The number of aryl methyl sites for hydroxylation is 1. The van der Waals surface area contributed by atoms with Crippen LogP contribution in [0.4, 0.5) is 0 Å². The SMILES string of the molecule is CC(=O)NC(C)C(C)C(=O)O.Cc1nn(CNC2=NCCN2)c2c1=CCCC=2. The number of carboxylic acid groups (broad SMARTS) is 1. The van der Waals surface area contributed by atoms with Gasteiger partial charge < -0.3 is 21.1 Å². The van der Waals surface area contributed by atoms with Gasteiger partial charge in [0, 0.05) is 24.7 Å². The Morgan fingerprint density at radius 1 is 1.32 bits per heavy atom. The molecule has 0 spiro atoms. The highest BCUT2D eigenvalue weighted by Gasteiger charge is 2.19. The first-order valence-electron chi connectivity index (χ1n) is 9.55. The van der Waals surface area contributed by atoms with E-state index in [9.17, 15) is 9.59 Å². The van der Waals surface area contributed by atoms with Gasteiger partial charge in [0.15, 0.2) is 5.96 Å². The average Bonchev–Trinajstić information content (AvgIpc) is 3.28. The van der Waals surface area contributed by atoms with Gasteiger partial charge in [-0.1, -0.05) is 12.2 Å². The highest BCUT2D eigenvalue weighted by molar-refractivity contribution is 5.80. The standard InChI is InChI=1S/C12H17N5.C7H13NO3/c1-9-10-4-2-3-5-11(10)17(16-9)8-15-12-13-6-7-14-12;1-4(7(10)11)5(2)8-6(3)9/h4-5H,2-3,6-8H2,1H3,(H2,13,14,15);4-5H,1-3H3,(H,8,9)(H,10,11). The van der Waals surface area contributed by atoms with Gasteiger partial charge >= 0.3 is 5.97 Å². The highest BCUT2D eigenvalue weighted by atomic mass is 16.4. The van der Waals surface area contributed by atoms with Gasteiger partial charge in [0.05, 0.1) is 23.5 Å². The summed E-state index contributed by atoms with van der Waals surface area (Å²) in [6.07, 6.45) is 6.78. The molecule has 0 fully saturated rings. The first kappa shape index (κ1) is 21.5. The topological polar surface area (TPSA) is 121 Å². The molecule has 2 atom stereocenters. The second-order valence-corrected chi connectivity index (χ2v) is 6.98. The molecule has 0 radical (unpaired) electrons. The molecule has 2 unspecified atom stereocenters. The van der Waals surface area contributed by atoms with Gasteiger partial charge in [-0.2, -0.15) is 5.10 Å². The number of nitrogens with zero attached hydrogens (tertiary/aromatic N) is 3. The number of carboxylic acids is 1. The molecule has 9 nitrogen and oxygen atoms in total. The smallest absolute Gasteiger partial charge is 0.308 e. The van der Waals surface area contributed by atoms with Gasteiger partial charge in [0.2, 0.25) is 5.91 Å². The lowest BCUT2D eigenvalue weighted by molar-refractivity contribution is -0.142. The Bertz CT molecular complexity index is 858. The molecular weight excluding hydrogens is 360 g/mol. The lowest BCUT2D eigenvalue weighted by atomic mass is 10.0. The van der Waals surface area contributed by atoms with Crippen LogP contribution in [0.5, 0.6) is 0 Å². The van der Waals surface area contributed by atoms with Crippen molar-refractivity contribution in [3.63, 3.8) is 0 Å². The third kappa shape index (κ3) is 5.83. The lowest BCUT2D eigenvalue weighted by Gasteiger charge is -2.15. The van der Waals surface area contributed by atoms with Crippen molar-refractivity contribution in [2.45, 2.75) is 53.2 Å². The number of aliphatic imine (C=N–C) groups is 1. The van der Waals surface area contributed by atoms with E-state index in [-0.39, 0.29) is 11.9 Å². The van der Waals surface area contributed by atoms with Crippen molar-refractivity contribution in [2.75, 3.05) is 13.1 Å². The van der Waals surface area contributed by atoms with Gasteiger partial charge in [-0.15, -0.1) is 0 Å². The normalized spacial score (nSPS) is 16.6. The molecule has 0 saturated heterocycles. The summed E-state index contributed by atoms with van der Waals surface area (Å²) in [5.41, 5.74) is 1.11. The van der Waals surface area contributed by atoms with Crippen LogP contribution in [0.15, 0.2) is 4.99 Å². The molecule has 1 aliphatic heterocycles. The van der Waals surface area contributed by atoms with E-state index >= 15 is 0 Å². The fraction of sp³-hybridized carbons (Fsp3) is 0.579. The van der Waals surface area contributed by atoms with Gasteiger partial charge in [-0.05, 0) is 33.6 Å². The first-order chi connectivity index (χ1) is 13.3. The van der Waals surface area contributed by atoms with E-state index < -0.39 is 11.9 Å². The maximum absolute atomic E-state index is 10.5. The number of hydrogen-bond donors (Lipinski definition) is 4. The molecule has 0 aromatic carbocycles. The van der Waals surface area contributed by atoms with Crippen LogP contribution in [0.2, 0.25) is 0 Å². The summed E-state index contributed by atoms with van der Waals surface area (Å²) in [6.45, 7) is 9.12. The molecule has 3 rings (SSSR count). The summed E-state index contributed by atoms with van der Waals surface area (Å²) in [7, 11) is 0. The summed E-state index contributed by atoms with van der Waals surface area (Å²) in [4.78, 5) is 25.2. The van der Waals surface area contributed by atoms with Crippen LogP contribution >= 0.6 is 0 Å². The molecule has 4 N–H and O–H groups in total. The second-order valence-electron chi connectivity index (χ2n) is 6.98. The Labute approximate surface area is 164 Å². The molecule has 1 aliphatic carbocycles. The number of amides is 1. The van der Waals surface area contributed by atoms with Crippen LogP contribution < -0.4 is 26.5 Å². The maximum atomic E-state index is 10.5. The molecule has 154 valence electrons. The van der Waals surface area contributed by atoms with Crippen LogP contribution in [0.1, 0.15) is 39.3 Å². The fourth-order valence-corrected chi connectivity index (χ4v) is 2.97. The second kappa shape index (κ2) is 9.91. The summed E-state index contributed by atoms with van der Waals surface area (Å²) in [6, 6.07) is -0.315. The zero-order chi connectivity index (χ0) is 20.7. The number of carbonyl (C=O) groups is 2. The van der Waals surface area contributed by atoms with Crippen molar-refractivity contribution >= 4 is 30.0 Å². The van der Waals surface area contributed by atoms with Gasteiger partial charge in [-0.25, -0.2) is 4.68 Å². The Morgan fingerprint density at radius 3 is 2.64 bits per heavy atom. The molecule has 28 heavy (non-hydrogen) atoms. The lowest BCUT2D eigenvalue weighted by Crippen LogP contribution is -2.40. The van der Waals surface area contributed by atoms with E-state index in [2.05, 4.69) is 45.1 Å². The highest BCUT2D eigenvalue weighted by Crippen LogP contribution is 2.01. The molecule has 1 aromatic rings. The molecule has 0 saturated carbocycles. The zero-order valence-corrected chi connectivity index (χ0v) is 17.0. The third-order valence-corrected chi connectivity index (χ3v) is 4.71. The minimum atomic E-state index is -0.897. The monoisotopic (exact) mass is 390 g/mol. The van der Waals surface area contributed by atoms with Crippen molar-refractivity contribution < 1.29 is 14.7 Å². The van der Waals surface area contributed by atoms with Crippen LogP contribution in [0, 0.1) is 12.8 Å². The average molecular weight is 390 g/mol. The molecular formula is C19H30N6O3.